The van der Waals surface area contributed by atoms with Crippen LogP contribution in [0.15, 0.2) is 49.3 Å². The molecule has 3 aromatic heterocycles. The lowest BCUT2D eigenvalue weighted by Crippen LogP contribution is -2.38. The predicted molar refractivity (Wildman–Crippen MR) is 130 cm³/mol. The molecule has 1 aliphatic rings. The van der Waals surface area contributed by atoms with Crippen molar-refractivity contribution >= 4 is 29.1 Å². The van der Waals surface area contributed by atoms with Crippen molar-refractivity contribution in [2.24, 2.45) is 0 Å². The van der Waals surface area contributed by atoms with E-state index in [1.54, 1.807) is 19.3 Å². The van der Waals surface area contributed by atoms with E-state index in [0.29, 0.717) is 11.5 Å². The van der Waals surface area contributed by atoms with Crippen molar-refractivity contribution in [1.82, 2.24) is 29.7 Å². The highest BCUT2D eigenvalue weighted by Crippen LogP contribution is 2.35. The van der Waals surface area contributed by atoms with Crippen molar-refractivity contribution in [1.29, 1.82) is 0 Å². The Labute approximate surface area is 215 Å². The molecule has 4 heterocycles. The van der Waals surface area contributed by atoms with Gasteiger partial charge in [-0.25, -0.2) is 28.1 Å². The number of rotatable bonds is 7. The zero-order valence-corrected chi connectivity index (χ0v) is 20.1. The Hall–Kier alpha value is -4.06. The SMILES string of the molecule is [2H]C(C)(c1cnc(N2CCC2)nc1)n1cc(NC(=O)c2cncc(-c3c(C(F)F)ccc(Cl)c3F)n2)cn1. The van der Waals surface area contributed by atoms with Gasteiger partial charge in [-0.05, 0) is 19.4 Å². The summed E-state index contributed by atoms with van der Waals surface area (Å²) in [5.74, 6) is -1.23. The molecule has 0 aliphatic carbocycles. The summed E-state index contributed by atoms with van der Waals surface area (Å²) >= 11 is 5.78. The third kappa shape index (κ3) is 4.96. The van der Waals surface area contributed by atoms with E-state index in [0.717, 1.165) is 44.0 Å². The molecule has 5 rings (SSSR count). The van der Waals surface area contributed by atoms with Crippen molar-refractivity contribution in [2.45, 2.75) is 25.8 Å². The lowest BCUT2D eigenvalue weighted by atomic mass is 10.0. The average molecular weight is 530 g/mol. The van der Waals surface area contributed by atoms with Crippen LogP contribution in [-0.4, -0.2) is 48.7 Å². The first-order valence-electron chi connectivity index (χ1n) is 11.7. The van der Waals surface area contributed by atoms with Gasteiger partial charge in [-0.15, -0.1) is 0 Å². The minimum atomic E-state index is -3.00. The summed E-state index contributed by atoms with van der Waals surface area (Å²) in [7, 11) is 0. The van der Waals surface area contributed by atoms with E-state index in [4.69, 9.17) is 13.0 Å². The summed E-state index contributed by atoms with van der Waals surface area (Å²) in [6, 6.07) is 0.637. The molecular weight excluding hydrogens is 509 g/mol. The molecule has 1 N–H and O–H groups in total. The van der Waals surface area contributed by atoms with Crippen molar-refractivity contribution < 1.29 is 19.3 Å². The summed E-state index contributed by atoms with van der Waals surface area (Å²) in [5.41, 5.74) is -0.963. The van der Waals surface area contributed by atoms with E-state index in [1.165, 1.54) is 17.1 Å². The van der Waals surface area contributed by atoms with Gasteiger partial charge >= 0.3 is 0 Å². The normalized spacial score (nSPS) is 15.2. The first-order valence-corrected chi connectivity index (χ1v) is 11.6. The van der Waals surface area contributed by atoms with Crippen LogP contribution in [0.1, 0.15) is 48.8 Å². The smallest absolute Gasteiger partial charge is 0.275 e. The highest BCUT2D eigenvalue weighted by atomic mass is 35.5. The van der Waals surface area contributed by atoms with Gasteiger partial charge in [0.2, 0.25) is 5.95 Å². The van der Waals surface area contributed by atoms with Gasteiger partial charge in [0.15, 0.2) is 5.82 Å². The second-order valence-corrected chi connectivity index (χ2v) is 8.65. The van der Waals surface area contributed by atoms with Gasteiger partial charge in [-0.3, -0.25) is 14.5 Å². The average Bonchev–Trinajstić information content (AvgIpc) is 3.34. The Bertz CT molecular complexity index is 1490. The monoisotopic (exact) mass is 529 g/mol. The van der Waals surface area contributed by atoms with Gasteiger partial charge in [0.05, 0.1) is 42.4 Å². The van der Waals surface area contributed by atoms with Gasteiger partial charge in [-0.1, -0.05) is 17.7 Å². The Morgan fingerprint density at radius 3 is 2.59 bits per heavy atom. The quantitative estimate of drug-likeness (QED) is 0.362. The molecule has 0 radical (unpaired) electrons. The zero-order chi connectivity index (χ0) is 27.0. The van der Waals surface area contributed by atoms with Gasteiger partial charge < -0.3 is 10.2 Å². The fraction of sp³-hybridized carbons (Fsp3) is 0.250. The van der Waals surface area contributed by atoms with Crippen LogP contribution in [0.3, 0.4) is 0 Å². The minimum absolute atomic E-state index is 0.237. The van der Waals surface area contributed by atoms with Crippen LogP contribution in [0.5, 0.6) is 0 Å². The fourth-order valence-corrected chi connectivity index (χ4v) is 3.85. The number of benzene rings is 1. The third-order valence-corrected chi connectivity index (χ3v) is 6.16. The van der Waals surface area contributed by atoms with Crippen molar-refractivity contribution in [3.05, 3.63) is 77.0 Å². The standard InChI is InChI=1S/C24H20ClF3N8O/c1-13(14-7-30-24(31-8-14)35-5-2-6-35)36-12-15(9-32-36)33-23(37)19-11-29-10-18(34-19)20-16(22(27)28)3-4-17(25)21(20)26/h3-4,7-13,22H,2,5-6H2,1H3,(H,33,37)/i13D. The van der Waals surface area contributed by atoms with Gasteiger partial charge in [-0.2, -0.15) is 5.10 Å². The van der Waals surface area contributed by atoms with E-state index in [2.05, 4.69) is 30.4 Å². The van der Waals surface area contributed by atoms with Crippen LogP contribution >= 0.6 is 11.6 Å². The number of aromatic nitrogens is 6. The molecule has 1 aromatic carbocycles. The molecule has 4 aromatic rings. The lowest BCUT2D eigenvalue weighted by molar-refractivity contribution is 0.102. The zero-order valence-electron chi connectivity index (χ0n) is 20.4. The molecule has 1 atom stereocenters. The molecule has 1 amide bonds. The number of carbonyl (C=O) groups is 1. The van der Waals surface area contributed by atoms with Crippen LogP contribution in [0, 0.1) is 5.82 Å². The molecule has 9 nitrogen and oxygen atoms in total. The number of nitrogens with one attached hydrogen (secondary N) is 1. The maximum atomic E-state index is 14.7. The van der Waals surface area contributed by atoms with Crippen molar-refractivity contribution in [3.8, 4) is 11.3 Å². The van der Waals surface area contributed by atoms with Crippen LogP contribution in [0.2, 0.25) is 5.02 Å². The summed E-state index contributed by atoms with van der Waals surface area (Å²) in [6.45, 7) is 3.39. The van der Waals surface area contributed by atoms with Crippen LogP contribution in [-0.2, 0) is 0 Å². The summed E-state index contributed by atoms with van der Waals surface area (Å²) in [6.07, 6.45) is 6.18. The molecule has 0 spiro atoms. The van der Waals surface area contributed by atoms with Crippen LogP contribution in [0.25, 0.3) is 11.3 Å². The highest BCUT2D eigenvalue weighted by molar-refractivity contribution is 6.31. The number of hydrogen-bond acceptors (Lipinski definition) is 7. The fourth-order valence-electron chi connectivity index (χ4n) is 3.69. The second-order valence-electron chi connectivity index (χ2n) is 8.24. The molecule has 0 bridgehead atoms. The Kier molecular flexibility index (Phi) is 6.39. The minimum Gasteiger partial charge on any atom is -0.341 e. The largest absolute Gasteiger partial charge is 0.341 e. The molecule has 13 heteroatoms. The molecule has 1 saturated heterocycles. The Morgan fingerprint density at radius 2 is 1.92 bits per heavy atom. The van der Waals surface area contributed by atoms with Gasteiger partial charge in [0, 0.05) is 48.4 Å². The Morgan fingerprint density at radius 1 is 1.16 bits per heavy atom. The number of anilines is 2. The Balaban J connectivity index is 1.35. The van der Waals surface area contributed by atoms with Crippen molar-refractivity contribution in [2.75, 3.05) is 23.3 Å². The summed E-state index contributed by atoms with van der Waals surface area (Å²) in [4.78, 5) is 31.4. The molecule has 190 valence electrons. The van der Waals surface area contributed by atoms with Crippen LogP contribution < -0.4 is 10.2 Å². The number of amides is 1. The van der Waals surface area contributed by atoms with Crippen LogP contribution in [0.4, 0.5) is 24.8 Å². The number of nitrogens with zero attached hydrogens (tertiary/aromatic N) is 7. The number of carbonyl (C=O) groups excluding carboxylic acids is 1. The molecule has 0 saturated carbocycles. The molecule has 1 aliphatic heterocycles. The first-order chi connectivity index (χ1) is 18.1. The topological polar surface area (TPSA) is 102 Å². The van der Waals surface area contributed by atoms with E-state index < -0.39 is 35.3 Å². The molecular formula is C24H20ClF3N8O. The summed E-state index contributed by atoms with van der Waals surface area (Å²) in [5, 5.41) is 6.38. The predicted octanol–water partition coefficient (Wildman–Crippen LogP) is 4.93. The lowest BCUT2D eigenvalue weighted by Gasteiger charge is -2.30. The number of alkyl halides is 2. The number of hydrogen-bond donors (Lipinski definition) is 1. The molecule has 1 unspecified atom stereocenters. The molecule has 1 fully saturated rings. The van der Waals surface area contributed by atoms with Crippen molar-refractivity contribution in [3.63, 3.8) is 0 Å². The number of halogens is 4. The summed E-state index contributed by atoms with van der Waals surface area (Å²) < 4.78 is 51.7. The van der Waals surface area contributed by atoms with E-state index in [9.17, 15) is 18.0 Å². The third-order valence-electron chi connectivity index (χ3n) is 5.86. The van der Waals surface area contributed by atoms with E-state index >= 15 is 0 Å². The van der Waals surface area contributed by atoms with E-state index in [-0.39, 0.29) is 22.1 Å². The maximum absolute atomic E-state index is 14.7. The second kappa shape index (κ2) is 10.1. The van der Waals surface area contributed by atoms with Gasteiger partial charge in [0.25, 0.3) is 12.3 Å². The maximum Gasteiger partial charge on any atom is 0.275 e. The first kappa shape index (κ1) is 23.3. The highest BCUT2D eigenvalue weighted by Gasteiger charge is 2.23. The van der Waals surface area contributed by atoms with E-state index in [1.807, 2.05) is 4.90 Å². The van der Waals surface area contributed by atoms with Gasteiger partial charge in [0.1, 0.15) is 5.69 Å². The molecule has 37 heavy (non-hydrogen) atoms.